The highest BCUT2D eigenvalue weighted by molar-refractivity contribution is 5.86. The van der Waals surface area contributed by atoms with Crippen molar-refractivity contribution in [2.24, 2.45) is 0 Å². The lowest BCUT2D eigenvalue weighted by atomic mass is 9.87. The minimum absolute atomic E-state index is 0.0517. The summed E-state index contributed by atoms with van der Waals surface area (Å²) in [4.78, 5) is 15.7. The van der Waals surface area contributed by atoms with E-state index in [0.29, 0.717) is 25.1 Å². The zero-order valence-corrected chi connectivity index (χ0v) is 16.1. The minimum atomic E-state index is -4.44. The molecule has 2 N–H and O–H groups in total. The van der Waals surface area contributed by atoms with Gasteiger partial charge in [0.2, 0.25) is 5.91 Å². The number of amides is 1. The van der Waals surface area contributed by atoms with Crippen molar-refractivity contribution in [3.63, 3.8) is 0 Å². The van der Waals surface area contributed by atoms with Crippen LogP contribution in [0.15, 0.2) is 54.7 Å². The second-order valence-electron chi connectivity index (χ2n) is 6.87. The van der Waals surface area contributed by atoms with Crippen molar-refractivity contribution in [1.29, 1.82) is 0 Å². The average molecular weight is 404 g/mol. The first-order valence-electron chi connectivity index (χ1n) is 9.39. The number of ether oxygens (including phenoxy) is 1. The molecule has 0 aliphatic carbocycles. The highest BCUT2D eigenvalue weighted by atomic mass is 19.4. The number of methoxy groups -OCH3 is 1. The van der Waals surface area contributed by atoms with Crippen molar-refractivity contribution >= 4 is 16.8 Å². The Hall–Kier alpha value is -2.80. The molecule has 1 atom stereocenters. The van der Waals surface area contributed by atoms with Gasteiger partial charge in [-0.15, -0.1) is 0 Å². The van der Waals surface area contributed by atoms with Gasteiger partial charge in [0.1, 0.15) is 0 Å². The number of carbonyl (C=O) groups is 1. The summed E-state index contributed by atoms with van der Waals surface area (Å²) >= 11 is 0. The van der Waals surface area contributed by atoms with Crippen molar-refractivity contribution < 1.29 is 22.7 Å². The van der Waals surface area contributed by atoms with E-state index >= 15 is 0 Å². The summed E-state index contributed by atoms with van der Waals surface area (Å²) in [5.74, 6) is -0.718. The van der Waals surface area contributed by atoms with Crippen LogP contribution in [0.4, 0.5) is 13.2 Å². The maximum absolute atomic E-state index is 13.2. The summed E-state index contributed by atoms with van der Waals surface area (Å²) in [6, 6.07) is 12.7. The molecule has 0 aliphatic rings. The van der Waals surface area contributed by atoms with Crippen LogP contribution in [0.25, 0.3) is 10.9 Å². The van der Waals surface area contributed by atoms with Gasteiger partial charge in [-0.25, -0.2) is 0 Å². The molecule has 0 radical (unpaired) electrons. The fraction of sp³-hybridized carbons (Fsp3) is 0.318. The number of carbonyl (C=O) groups excluding carboxylic acids is 1. The van der Waals surface area contributed by atoms with Gasteiger partial charge in [-0.3, -0.25) is 4.79 Å². The zero-order valence-electron chi connectivity index (χ0n) is 16.1. The number of rotatable bonds is 8. The van der Waals surface area contributed by atoms with Crippen molar-refractivity contribution in [1.82, 2.24) is 10.3 Å². The van der Waals surface area contributed by atoms with Gasteiger partial charge in [-0.05, 0) is 29.7 Å². The highest BCUT2D eigenvalue weighted by Gasteiger charge is 2.31. The zero-order chi connectivity index (χ0) is 20.9. The second-order valence-corrected chi connectivity index (χ2v) is 6.87. The maximum Gasteiger partial charge on any atom is 0.416 e. The van der Waals surface area contributed by atoms with E-state index in [-0.39, 0.29) is 12.3 Å². The molecule has 29 heavy (non-hydrogen) atoms. The van der Waals surface area contributed by atoms with E-state index in [1.807, 2.05) is 24.3 Å². The normalized spacial score (nSPS) is 12.8. The number of halogens is 3. The Labute approximate surface area is 167 Å². The van der Waals surface area contributed by atoms with Crippen LogP contribution in [0.3, 0.4) is 0 Å². The van der Waals surface area contributed by atoms with E-state index in [2.05, 4.69) is 10.3 Å². The van der Waals surface area contributed by atoms with Crippen LogP contribution >= 0.6 is 0 Å². The van der Waals surface area contributed by atoms with Crippen LogP contribution in [0.2, 0.25) is 0 Å². The summed E-state index contributed by atoms with van der Waals surface area (Å²) in [5, 5.41) is 3.71. The van der Waals surface area contributed by atoms with Gasteiger partial charge >= 0.3 is 6.18 Å². The van der Waals surface area contributed by atoms with Gasteiger partial charge in [0.25, 0.3) is 0 Å². The number of fused-ring (bicyclic) bond motifs is 1. The van der Waals surface area contributed by atoms with Gasteiger partial charge in [0, 0.05) is 49.7 Å². The lowest BCUT2D eigenvalue weighted by Gasteiger charge is -2.19. The third-order valence-corrected chi connectivity index (χ3v) is 4.85. The second kappa shape index (κ2) is 9.13. The van der Waals surface area contributed by atoms with E-state index < -0.39 is 17.7 Å². The quantitative estimate of drug-likeness (QED) is 0.527. The van der Waals surface area contributed by atoms with Crippen LogP contribution in [0.1, 0.15) is 35.4 Å². The van der Waals surface area contributed by atoms with Crippen molar-refractivity contribution in [3.8, 4) is 0 Å². The molecule has 0 spiro atoms. The number of H-pyrrole nitrogens is 1. The predicted octanol–water partition coefficient (Wildman–Crippen LogP) is 4.86. The Bertz CT molecular complexity index is 966. The van der Waals surface area contributed by atoms with Crippen LogP contribution in [0.5, 0.6) is 0 Å². The molecule has 1 aromatic heterocycles. The van der Waals surface area contributed by atoms with Crippen molar-refractivity contribution in [3.05, 3.63) is 71.4 Å². The number of aromatic amines is 1. The molecule has 1 heterocycles. The largest absolute Gasteiger partial charge is 0.416 e. The molecule has 2 aromatic carbocycles. The molecule has 0 aliphatic heterocycles. The van der Waals surface area contributed by atoms with Gasteiger partial charge in [-0.2, -0.15) is 13.2 Å². The number of para-hydroxylation sites is 1. The molecule has 4 nitrogen and oxygen atoms in total. The third kappa shape index (κ3) is 5.17. The first-order valence-corrected chi connectivity index (χ1v) is 9.39. The Morgan fingerprint density at radius 1 is 1.17 bits per heavy atom. The number of aromatic nitrogens is 1. The average Bonchev–Trinajstić information content (AvgIpc) is 3.13. The Morgan fingerprint density at radius 2 is 1.97 bits per heavy atom. The molecular formula is C22H23F3N2O2. The fourth-order valence-electron chi connectivity index (χ4n) is 3.42. The van der Waals surface area contributed by atoms with Crippen molar-refractivity contribution in [2.45, 2.75) is 24.9 Å². The van der Waals surface area contributed by atoms with Gasteiger partial charge in [-0.1, -0.05) is 36.4 Å². The summed E-state index contributed by atoms with van der Waals surface area (Å²) in [5.41, 5.74) is 1.41. The van der Waals surface area contributed by atoms with Gasteiger partial charge in [0.05, 0.1) is 5.56 Å². The topological polar surface area (TPSA) is 54.1 Å². The van der Waals surface area contributed by atoms with Crippen LogP contribution in [-0.2, 0) is 15.7 Å². The monoisotopic (exact) mass is 404 g/mol. The smallest absolute Gasteiger partial charge is 0.385 e. The number of hydrogen-bond donors (Lipinski definition) is 2. The Balaban J connectivity index is 1.93. The van der Waals surface area contributed by atoms with Gasteiger partial charge in [0.15, 0.2) is 0 Å². The number of hydrogen-bond acceptors (Lipinski definition) is 2. The minimum Gasteiger partial charge on any atom is -0.385 e. The molecule has 7 heteroatoms. The predicted molar refractivity (Wildman–Crippen MR) is 106 cm³/mol. The molecule has 154 valence electrons. The molecule has 0 saturated heterocycles. The molecule has 3 aromatic rings. The maximum atomic E-state index is 13.2. The molecule has 0 saturated carbocycles. The summed E-state index contributed by atoms with van der Waals surface area (Å²) in [7, 11) is 1.59. The third-order valence-electron chi connectivity index (χ3n) is 4.85. The molecule has 0 bridgehead atoms. The highest BCUT2D eigenvalue weighted by Crippen LogP contribution is 2.36. The Morgan fingerprint density at radius 3 is 2.72 bits per heavy atom. The molecular weight excluding hydrogens is 381 g/mol. The van der Waals surface area contributed by atoms with Gasteiger partial charge < -0.3 is 15.0 Å². The molecule has 3 rings (SSSR count). The number of nitrogens with one attached hydrogen (secondary N) is 2. The van der Waals surface area contributed by atoms with Crippen LogP contribution < -0.4 is 5.32 Å². The number of benzene rings is 2. The molecule has 0 unspecified atom stereocenters. The summed E-state index contributed by atoms with van der Waals surface area (Å²) in [6.45, 7) is 0.982. The van der Waals surface area contributed by atoms with E-state index in [1.165, 1.54) is 6.07 Å². The molecule has 0 fully saturated rings. The van der Waals surface area contributed by atoms with Crippen molar-refractivity contribution in [2.75, 3.05) is 20.3 Å². The first kappa shape index (κ1) is 20.9. The number of alkyl halides is 3. The van der Waals surface area contributed by atoms with E-state index in [4.69, 9.17) is 4.74 Å². The standard InChI is InChI=1S/C22H23F3N2O2/c1-29-11-5-10-26-21(28)13-18(15-6-4-7-16(12-15)22(23,24)25)19-14-27-20-9-3-2-8-17(19)20/h2-4,6-9,12,14,18,27H,5,10-11,13H2,1H3,(H,26,28)/t18-/m1/s1. The lowest BCUT2D eigenvalue weighted by molar-refractivity contribution is -0.137. The Kier molecular flexibility index (Phi) is 6.59. The van der Waals surface area contributed by atoms with Crippen LogP contribution in [-0.4, -0.2) is 31.2 Å². The summed E-state index contributed by atoms with van der Waals surface area (Å²) < 4.78 is 44.7. The first-order chi connectivity index (χ1) is 13.9. The van der Waals surface area contributed by atoms with E-state index in [9.17, 15) is 18.0 Å². The van der Waals surface area contributed by atoms with Crippen LogP contribution in [0, 0.1) is 0 Å². The molecule has 1 amide bonds. The van der Waals surface area contributed by atoms with E-state index in [1.54, 1.807) is 19.4 Å². The van der Waals surface area contributed by atoms with E-state index in [0.717, 1.165) is 28.6 Å². The SMILES string of the molecule is COCCCNC(=O)C[C@H](c1cccc(C(F)(F)F)c1)c1c[nH]c2ccccc12. The summed E-state index contributed by atoms with van der Waals surface area (Å²) in [6.07, 6.45) is -1.95. The lowest BCUT2D eigenvalue weighted by Crippen LogP contribution is -2.27. The fourth-order valence-corrected chi connectivity index (χ4v) is 3.42.